The number of hydrogen-bond donors (Lipinski definition) is 0. The lowest BCUT2D eigenvalue weighted by molar-refractivity contribution is -0.305. The summed E-state index contributed by atoms with van der Waals surface area (Å²) in [5.41, 5.74) is 2.33. The zero-order valence-electron chi connectivity index (χ0n) is 19.9. The van der Waals surface area contributed by atoms with Crippen LogP contribution in [0.3, 0.4) is 0 Å². The van der Waals surface area contributed by atoms with E-state index in [1.165, 1.54) is 0 Å². The number of nitrogens with zero attached hydrogens (tertiary/aromatic N) is 3. The number of anilines is 2. The van der Waals surface area contributed by atoms with Crippen LogP contribution in [0.1, 0.15) is 26.7 Å². The molecule has 1 aromatic carbocycles. The number of carboxylic acid groups (broad SMARTS) is 1. The van der Waals surface area contributed by atoms with Crippen LogP contribution in [0.2, 0.25) is 10.0 Å². The molecule has 200 valence electrons. The molecule has 0 aromatic heterocycles. The molecule has 1 amide bonds. The van der Waals surface area contributed by atoms with Gasteiger partial charge in [-0.2, -0.15) is 0 Å². The van der Waals surface area contributed by atoms with Gasteiger partial charge < -0.3 is 24.3 Å². The first-order valence-electron chi connectivity index (χ1n) is 11.1. The Labute approximate surface area is 235 Å². The van der Waals surface area contributed by atoms with Gasteiger partial charge in [0.15, 0.2) is 0 Å². The van der Waals surface area contributed by atoms with Crippen molar-refractivity contribution in [2.45, 2.75) is 26.7 Å². The first kappa shape index (κ1) is 29.5. The standard InChI is InChI=1S/C23H25Cl2N3O6S3/c1-3-26-17-11-15(24)16(25)12-18(17)27(8-4-5-9-37(32,33)34)20(26)7-6-14(2)10-19-22(31)28(13-21(29)30)23(35)36-19/h6-7,10-12H,3-5,8-9,13H2,1-2H3,(H,29,30)(H,32,33,34)/p-2/b14-6+,19-10+,20-7+. The molecule has 0 atom stereocenters. The Bertz CT molecular complexity index is 1330. The first-order valence-corrected chi connectivity index (χ1v) is 14.7. The summed E-state index contributed by atoms with van der Waals surface area (Å²) in [4.78, 5) is 28.7. The van der Waals surface area contributed by atoms with Crippen LogP contribution >= 0.6 is 47.2 Å². The van der Waals surface area contributed by atoms with Crippen molar-refractivity contribution < 1.29 is 27.7 Å². The topological polar surface area (TPSA) is 124 Å². The summed E-state index contributed by atoms with van der Waals surface area (Å²) in [6.07, 6.45) is 5.93. The summed E-state index contributed by atoms with van der Waals surface area (Å²) in [5.74, 6) is -1.57. The fraction of sp³-hybridized carbons (Fsp3) is 0.348. The number of carbonyl (C=O) groups excluding carboxylic acids is 2. The molecule has 9 nitrogen and oxygen atoms in total. The van der Waals surface area contributed by atoms with Crippen molar-refractivity contribution in [3.63, 3.8) is 0 Å². The number of aliphatic carboxylic acids is 1. The molecule has 0 saturated carbocycles. The fourth-order valence-electron chi connectivity index (χ4n) is 3.87. The second-order valence-electron chi connectivity index (χ2n) is 8.20. The number of carbonyl (C=O) groups is 2. The third-order valence-electron chi connectivity index (χ3n) is 5.51. The van der Waals surface area contributed by atoms with E-state index in [0.29, 0.717) is 40.0 Å². The number of thioether (sulfide) groups is 1. The van der Waals surface area contributed by atoms with Crippen molar-refractivity contribution in [3.05, 3.63) is 56.7 Å². The van der Waals surface area contributed by atoms with Crippen molar-refractivity contribution in [1.29, 1.82) is 0 Å². The molecule has 3 rings (SSSR count). The number of hydrogen-bond acceptors (Lipinski definition) is 10. The van der Waals surface area contributed by atoms with E-state index >= 15 is 0 Å². The Balaban J connectivity index is 1.91. The van der Waals surface area contributed by atoms with Crippen molar-refractivity contribution >= 4 is 84.9 Å². The van der Waals surface area contributed by atoms with Gasteiger partial charge in [-0.25, -0.2) is 8.42 Å². The molecule has 14 heteroatoms. The van der Waals surface area contributed by atoms with Crippen LogP contribution in [0.25, 0.3) is 0 Å². The Kier molecular flexibility index (Phi) is 9.70. The average molecular weight is 605 g/mol. The minimum absolute atomic E-state index is 0.148. The van der Waals surface area contributed by atoms with Gasteiger partial charge in [0.25, 0.3) is 5.91 Å². The Morgan fingerprint density at radius 2 is 1.76 bits per heavy atom. The van der Waals surface area contributed by atoms with Crippen molar-refractivity contribution in [2.75, 3.05) is 35.2 Å². The zero-order valence-corrected chi connectivity index (χ0v) is 23.9. The maximum Gasteiger partial charge on any atom is 0.266 e. The Morgan fingerprint density at radius 1 is 1.14 bits per heavy atom. The minimum atomic E-state index is -4.30. The van der Waals surface area contributed by atoms with Crippen molar-refractivity contribution in [2.24, 2.45) is 0 Å². The van der Waals surface area contributed by atoms with Crippen LogP contribution in [-0.4, -0.2) is 59.5 Å². The predicted octanol–water partition coefficient (Wildman–Crippen LogP) is 3.25. The number of allylic oxidation sites excluding steroid dienone is 4. The number of thiocarbonyl (C=S) groups is 1. The lowest BCUT2D eigenvalue weighted by Crippen LogP contribution is -2.40. The van der Waals surface area contributed by atoms with Crippen molar-refractivity contribution in [3.8, 4) is 0 Å². The molecule has 0 N–H and O–H groups in total. The highest BCUT2D eigenvalue weighted by molar-refractivity contribution is 8.26. The molecule has 1 aromatic rings. The zero-order chi connectivity index (χ0) is 27.5. The fourth-order valence-corrected chi connectivity index (χ4v) is 6.05. The third-order valence-corrected chi connectivity index (χ3v) is 8.40. The van der Waals surface area contributed by atoms with Gasteiger partial charge in [-0.05, 0) is 56.5 Å². The monoisotopic (exact) mass is 603 g/mol. The van der Waals surface area contributed by atoms with Gasteiger partial charge in [0.2, 0.25) is 0 Å². The van der Waals surface area contributed by atoms with Crippen LogP contribution in [0.4, 0.5) is 11.4 Å². The van der Waals surface area contributed by atoms with Crippen LogP contribution in [-0.2, 0) is 19.7 Å². The van der Waals surface area contributed by atoms with E-state index in [9.17, 15) is 27.7 Å². The van der Waals surface area contributed by atoms with E-state index in [0.717, 1.165) is 33.9 Å². The summed E-state index contributed by atoms with van der Waals surface area (Å²) in [6.45, 7) is 4.17. The SMILES string of the molecule is CCN1\C(=C/C=C(C)/C=C2/SC(=S)N(CC(=O)[O-])C2=O)N(CCCCS(=O)(=O)[O-])c2cc(Cl)c(Cl)cc21. The molecule has 0 unspecified atom stereocenters. The van der Waals surface area contributed by atoms with E-state index in [1.807, 2.05) is 22.8 Å². The largest absolute Gasteiger partial charge is 0.748 e. The maximum absolute atomic E-state index is 12.5. The van der Waals surface area contributed by atoms with Gasteiger partial charge in [-0.15, -0.1) is 0 Å². The molecule has 0 radical (unpaired) electrons. The number of amides is 1. The molecule has 0 aliphatic carbocycles. The molecule has 37 heavy (non-hydrogen) atoms. The molecule has 2 aliphatic rings. The smallest absolute Gasteiger partial charge is 0.266 e. The first-order chi connectivity index (χ1) is 17.3. The number of unbranched alkanes of at least 4 members (excludes halogenated alkanes) is 1. The number of benzene rings is 1. The van der Waals surface area contributed by atoms with E-state index < -0.39 is 34.3 Å². The lowest BCUT2D eigenvalue weighted by atomic mass is 10.2. The summed E-state index contributed by atoms with van der Waals surface area (Å²) < 4.78 is 33.2. The molecular weight excluding hydrogens is 581 g/mol. The van der Waals surface area contributed by atoms with Gasteiger partial charge in [-0.1, -0.05) is 53.3 Å². The third kappa shape index (κ3) is 7.27. The molecule has 1 fully saturated rings. The number of fused-ring (bicyclic) bond motifs is 1. The second kappa shape index (κ2) is 12.2. The summed E-state index contributed by atoms with van der Waals surface area (Å²) in [6, 6.07) is 3.50. The quantitative estimate of drug-likeness (QED) is 0.170. The number of halogens is 2. The number of rotatable bonds is 10. The van der Waals surface area contributed by atoms with E-state index in [-0.39, 0.29) is 10.7 Å². The van der Waals surface area contributed by atoms with Gasteiger partial charge in [0.05, 0.1) is 49.0 Å². The van der Waals surface area contributed by atoms with Crippen LogP contribution in [0.5, 0.6) is 0 Å². The molecule has 2 aliphatic heterocycles. The molecule has 0 spiro atoms. The van der Waals surface area contributed by atoms with Gasteiger partial charge in [0.1, 0.15) is 10.1 Å². The number of carboxylic acids is 1. The molecule has 2 heterocycles. The van der Waals surface area contributed by atoms with Crippen LogP contribution in [0.15, 0.2) is 46.7 Å². The predicted molar refractivity (Wildman–Crippen MR) is 147 cm³/mol. The van der Waals surface area contributed by atoms with Gasteiger partial charge in [0, 0.05) is 18.8 Å². The Hall–Kier alpha value is -2.09. The van der Waals surface area contributed by atoms with Crippen LogP contribution < -0.4 is 14.9 Å². The highest BCUT2D eigenvalue weighted by atomic mass is 35.5. The molecular formula is C23H23Cl2N3O6S3-2. The molecule has 1 saturated heterocycles. The maximum atomic E-state index is 12.5. The van der Waals surface area contributed by atoms with Crippen molar-refractivity contribution in [1.82, 2.24) is 4.90 Å². The molecule has 0 bridgehead atoms. The lowest BCUT2D eigenvalue weighted by Gasteiger charge is -2.24. The average Bonchev–Trinajstić information content (AvgIpc) is 3.22. The van der Waals surface area contributed by atoms with Gasteiger partial charge >= 0.3 is 0 Å². The Morgan fingerprint density at radius 3 is 2.32 bits per heavy atom. The van der Waals surface area contributed by atoms with Gasteiger partial charge in [-0.3, -0.25) is 9.69 Å². The summed E-state index contributed by atoms with van der Waals surface area (Å²) in [5, 5.41) is 11.7. The highest BCUT2D eigenvalue weighted by Crippen LogP contribution is 2.45. The highest BCUT2D eigenvalue weighted by Gasteiger charge is 2.32. The second-order valence-corrected chi connectivity index (χ2v) is 12.2. The van der Waals surface area contributed by atoms with E-state index in [2.05, 4.69) is 0 Å². The minimum Gasteiger partial charge on any atom is -0.748 e. The normalized spacial score (nSPS) is 18.5. The van der Waals surface area contributed by atoms with E-state index in [1.54, 1.807) is 31.2 Å². The summed E-state index contributed by atoms with van der Waals surface area (Å²) in [7, 11) is -4.30. The summed E-state index contributed by atoms with van der Waals surface area (Å²) >= 11 is 18.7. The van der Waals surface area contributed by atoms with Crippen LogP contribution in [0, 0.1) is 0 Å². The van der Waals surface area contributed by atoms with E-state index in [4.69, 9.17) is 35.4 Å².